The molecular formula is C15H23N5O. The van der Waals surface area contributed by atoms with E-state index in [2.05, 4.69) is 40.0 Å². The van der Waals surface area contributed by atoms with Crippen molar-refractivity contribution in [1.82, 2.24) is 24.6 Å². The fraction of sp³-hybridized carbons (Fsp3) is 0.600. The standard InChI is InChI=1S/C15H23N5O/c1-3-19-7-6-16-15(19)14-13(5-8-21-14)17-9-12-10-18-20(4-2)11-12/h6-7,10-11,13-14,17H,3-5,8-9H2,1-2H3/t13-,14-/m0/s1. The summed E-state index contributed by atoms with van der Waals surface area (Å²) in [7, 11) is 0. The zero-order valence-corrected chi connectivity index (χ0v) is 12.7. The van der Waals surface area contributed by atoms with Crippen LogP contribution >= 0.6 is 0 Å². The van der Waals surface area contributed by atoms with Crippen LogP contribution in [0.2, 0.25) is 0 Å². The van der Waals surface area contributed by atoms with Gasteiger partial charge in [0.1, 0.15) is 11.9 Å². The smallest absolute Gasteiger partial charge is 0.139 e. The van der Waals surface area contributed by atoms with Gasteiger partial charge in [-0.15, -0.1) is 0 Å². The van der Waals surface area contributed by atoms with Crippen molar-refractivity contribution < 1.29 is 4.74 Å². The average molecular weight is 289 g/mol. The fourth-order valence-corrected chi connectivity index (χ4v) is 2.82. The highest BCUT2D eigenvalue weighted by Crippen LogP contribution is 2.28. The molecule has 0 amide bonds. The summed E-state index contributed by atoms with van der Waals surface area (Å²) >= 11 is 0. The van der Waals surface area contributed by atoms with Crippen LogP contribution in [0.15, 0.2) is 24.8 Å². The number of nitrogens with one attached hydrogen (secondary N) is 1. The molecule has 1 fully saturated rings. The second kappa shape index (κ2) is 6.41. The summed E-state index contributed by atoms with van der Waals surface area (Å²) in [6.07, 6.45) is 8.94. The molecule has 3 rings (SSSR count). The second-order valence-electron chi connectivity index (χ2n) is 5.34. The van der Waals surface area contributed by atoms with Crippen LogP contribution in [-0.2, 0) is 24.4 Å². The van der Waals surface area contributed by atoms with E-state index >= 15 is 0 Å². The van der Waals surface area contributed by atoms with Crippen molar-refractivity contribution in [3.63, 3.8) is 0 Å². The van der Waals surface area contributed by atoms with Crippen LogP contribution in [-0.4, -0.2) is 32.0 Å². The molecule has 6 nitrogen and oxygen atoms in total. The van der Waals surface area contributed by atoms with E-state index in [1.807, 2.05) is 23.3 Å². The van der Waals surface area contributed by atoms with Crippen molar-refractivity contribution in [2.24, 2.45) is 0 Å². The van der Waals surface area contributed by atoms with Crippen molar-refractivity contribution in [2.45, 2.75) is 52.0 Å². The van der Waals surface area contributed by atoms with E-state index in [4.69, 9.17) is 4.74 Å². The highest BCUT2D eigenvalue weighted by molar-refractivity contribution is 5.07. The number of ether oxygens (including phenoxy) is 1. The molecule has 21 heavy (non-hydrogen) atoms. The monoisotopic (exact) mass is 289 g/mol. The summed E-state index contributed by atoms with van der Waals surface area (Å²) in [5.41, 5.74) is 1.21. The van der Waals surface area contributed by atoms with Gasteiger partial charge in [0, 0.05) is 56.4 Å². The van der Waals surface area contributed by atoms with E-state index < -0.39 is 0 Å². The number of nitrogens with zero attached hydrogens (tertiary/aromatic N) is 4. The van der Waals surface area contributed by atoms with E-state index in [1.54, 1.807) is 0 Å². The van der Waals surface area contributed by atoms with Crippen LogP contribution in [0.4, 0.5) is 0 Å². The number of imidazole rings is 1. The number of hydrogen-bond acceptors (Lipinski definition) is 4. The normalized spacial score (nSPS) is 22.0. The Bertz CT molecular complexity index is 576. The van der Waals surface area contributed by atoms with E-state index in [-0.39, 0.29) is 6.10 Å². The lowest BCUT2D eigenvalue weighted by Gasteiger charge is -2.20. The van der Waals surface area contributed by atoms with Gasteiger partial charge in [0.25, 0.3) is 0 Å². The van der Waals surface area contributed by atoms with Gasteiger partial charge in [-0.1, -0.05) is 0 Å². The van der Waals surface area contributed by atoms with Gasteiger partial charge in [-0.25, -0.2) is 4.98 Å². The van der Waals surface area contributed by atoms with E-state index in [0.29, 0.717) is 6.04 Å². The van der Waals surface area contributed by atoms with Gasteiger partial charge in [0.2, 0.25) is 0 Å². The van der Waals surface area contributed by atoms with Crippen molar-refractivity contribution in [2.75, 3.05) is 6.61 Å². The van der Waals surface area contributed by atoms with Crippen LogP contribution in [0.1, 0.15) is 37.8 Å². The van der Waals surface area contributed by atoms with Crippen molar-refractivity contribution in [1.29, 1.82) is 0 Å². The van der Waals surface area contributed by atoms with Crippen LogP contribution in [0, 0.1) is 0 Å². The molecule has 6 heteroatoms. The SMILES string of the molecule is CCn1cc(CN[C@H]2CCO[C@@H]2c2nccn2CC)cn1. The van der Waals surface area contributed by atoms with Gasteiger partial charge in [-0.05, 0) is 20.3 Å². The lowest BCUT2D eigenvalue weighted by atomic mass is 10.1. The molecule has 2 atom stereocenters. The lowest BCUT2D eigenvalue weighted by molar-refractivity contribution is 0.0886. The van der Waals surface area contributed by atoms with Crippen LogP contribution in [0.5, 0.6) is 0 Å². The minimum absolute atomic E-state index is 0.0428. The number of aromatic nitrogens is 4. The molecule has 3 heterocycles. The molecule has 1 aliphatic rings. The minimum Gasteiger partial charge on any atom is -0.369 e. The summed E-state index contributed by atoms with van der Waals surface area (Å²) in [4.78, 5) is 4.47. The molecule has 2 aromatic heterocycles. The second-order valence-corrected chi connectivity index (χ2v) is 5.34. The van der Waals surface area contributed by atoms with Crippen molar-refractivity contribution in [3.8, 4) is 0 Å². The minimum atomic E-state index is 0.0428. The Hall–Kier alpha value is -1.66. The molecule has 2 aromatic rings. The molecule has 0 saturated carbocycles. The molecule has 0 radical (unpaired) electrons. The third-order valence-electron chi connectivity index (χ3n) is 4.01. The predicted molar refractivity (Wildman–Crippen MR) is 79.7 cm³/mol. The Morgan fingerprint density at radius 1 is 1.38 bits per heavy atom. The predicted octanol–water partition coefficient (Wildman–Crippen LogP) is 1.74. The van der Waals surface area contributed by atoms with E-state index in [0.717, 1.165) is 38.5 Å². The molecule has 0 unspecified atom stereocenters. The topological polar surface area (TPSA) is 56.9 Å². The molecule has 0 aliphatic carbocycles. The number of aryl methyl sites for hydroxylation is 2. The van der Waals surface area contributed by atoms with Gasteiger partial charge in [-0.2, -0.15) is 5.10 Å². The zero-order chi connectivity index (χ0) is 14.7. The number of hydrogen-bond donors (Lipinski definition) is 1. The Labute approximate surface area is 125 Å². The maximum absolute atomic E-state index is 5.90. The Morgan fingerprint density at radius 2 is 2.29 bits per heavy atom. The number of rotatable bonds is 6. The molecule has 1 N–H and O–H groups in total. The van der Waals surface area contributed by atoms with E-state index in [9.17, 15) is 0 Å². The first-order valence-corrected chi connectivity index (χ1v) is 7.69. The van der Waals surface area contributed by atoms with Gasteiger partial charge >= 0.3 is 0 Å². The summed E-state index contributed by atoms with van der Waals surface area (Å²) in [5, 5.41) is 7.90. The quantitative estimate of drug-likeness (QED) is 0.880. The zero-order valence-electron chi connectivity index (χ0n) is 12.7. The van der Waals surface area contributed by atoms with Crippen molar-refractivity contribution >= 4 is 0 Å². The first-order valence-electron chi connectivity index (χ1n) is 7.69. The lowest BCUT2D eigenvalue weighted by Crippen LogP contribution is -2.32. The first kappa shape index (κ1) is 14.3. The highest BCUT2D eigenvalue weighted by Gasteiger charge is 2.32. The third-order valence-corrected chi connectivity index (χ3v) is 4.01. The molecule has 0 bridgehead atoms. The Kier molecular flexibility index (Phi) is 4.36. The van der Waals surface area contributed by atoms with Gasteiger partial charge in [-0.3, -0.25) is 4.68 Å². The molecule has 0 aromatic carbocycles. The Balaban J connectivity index is 1.64. The molecule has 114 valence electrons. The van der Waals surface area contributed by atoms with Gasteiger partial charge in [0.05, 0.1) is 6.20 Å². The molecular weight excluding hydrogens is 266 g/mol. The maximum atomic E-state index is 5.90. The van der Waals surface area contributed by atoms with Crippen LogP contribution in [0.25, 0.3) is 0 Å². The summed E-state index contributed by atoms with van der Waals surface area (Å²) in [6, 6.07) is 0.308. The molecule has 1 aliphatic heterocycles. The summed E-state index contributed by atoms with van der Waals surface area (Å²) in [6.45, 7) is 7.65. The molecule has 0 spiro atoms. The largest absolute Gasteiger partial charge is 0.369 e. The highest BCUT2D eigenvalue weighted by atomic mass is 16.5. The van der Waals surface area contributed by atoms with Gasteiger partial charge in [0.15, 0.2) is 0 Å². The summed E-state index contributed by atoms with van der Waals surface area (Å²) < 4.78 is 10.0. The summed E-state index contributed by atoms with van der Waals surface area (Å²) in [5.74, 6) is 1.02. The van der Waals surface area contributed by atoms with E-state index in [1.165, 1.54) is 5.56 Å². The third kappa shape index (κ3) is 3.01. The van der Waals surface area contributed by atoms with Crippen molar-refractivity contribution in [3.05, 3.63) is 36.2 Å². The van der Waals surface area contributed by atoms with Crippen LogP contribution < -0.4 is 5.32 Å². The maximum Gasteiger partial charge on any atom is 0.139 e. The van der Waals surface area contributed by atoms with Crippen LogP contribution in [0.3, 0.4) is 0 Å². The fourth-order valence-electron chi connectivity index (χ4n) is 2.82. The van der Waals surface area contributed by atoms with Gasteiger partial charge < -0.3 is 14.6 Å². The molecule has 1 saturated heterocycles. The first-order chi connectivity index (χ1) is 10.3. The average Bonchev–Trinajstić information content (AvgIpc) is 3.23. The Morgan fingerprint density at radius 3 is 3.05 bits per heavy atom.